The lowest BCUT2D eigenvalue weighted by molar-refractivity contribution is -0.0280. The van der Waals surface area contributed by atoms with Crippen molar-refractivity contribution in [1.82, 2.24) is 4.98 Å². The average Bonchev–Trinajstić information content (AvgIpc) is 3.23. The second kappa shape index (κ2) is 5.51. The molecule has 4 heteroatoms. The van der Waals surface area contributed by atoms with Gasteiger partial charge in [0.15, 0.2) is 0 Å². The molecule has 3 nitrogen and oxygen atoms in total. The molecule has 0 spiro atoms. The highest BCUT2D eigenvalue weighted by atomic mass is 32.1. The van der Waals surface area contributed by atoms with Gasteiger partial charge in [-0.25, -0.2) is 4.98 Å². The highest BCUT2D eigenvalue weighted by molar-refractivity contribution is 7.11. The van der Waals surface area contributed by atoms with Gasteiger partial charge in [-0.1, -0.05) is 25.7 Å². The van der Waals surface area contributed by atoms with Crippen LogP contribution >= 0.6 is 11.3 Å². The van der Waals surface area contributed by atoms with Crippen LogP contribution in [0.1, 0.15) is 72.9 Å². The molecule has 2 aliphatic rings. The van der Waals surface area contributed by atoms with Crippen molar-refractivity contribution < 1.29 is 4.74 Å². The Morgan fingerprint density at radius 3 is 2.47 bits per heavy atom. The fraction of sp³-hybridized carbons (Fsp3) is 0.800. The molecule has 3 rings (SSSR count). The minimum atomic E-state index is -0.127. The number of ether oxygens (including phenoxy) is 1. The van der Waals surface area contributed by atoms with Crippen LogP contribution in [0.15, 0.2) is 0 Å². The van der Waals surface area contributed by atoms with Crippen molar-refractivity contribution in [2.45, 2.75) is 69.4 Å². The molecule has 106 valence electrons. The predicted molar refractivity (Wildman–Crippen MR) is 78.4 cm³/mol. The van der Waals surface area contributed by atoms with Gasteiger partial charge in [0.05, 0.1) is 5.69 Å². The summed E-state index contributed by atoms with van der Waals surface area (Å²) in [5, 5.41) is 1.19. The van der Waals surface area contributed by atoms with E-state index in [1.807, 2.05) is 7.11 Å². The second-order valence-corrected chi connectivity index (χ2v) is 7.00. The summed E-state index contributed by atoms with van der Waals surface area (Å²) in [5.41, 5.74) is 7.06. The van der Waals surface area contributed by atoms with E-state index in [-0.39, 0.29) is 5.60 Å². The van der Waals surface area contributed by atoms with Crippen molar-refractivity contribution in [1.29, 1.82) is 0 Å². The summed E-state index contributed by atoms with van der Waals surface area (Å²) in [6.45, 7) is 0.628. The lowest BCUT2D eigenvalue weighted by Gasteiger charge is -2.29. The summed E-state index contributed by atoms with van der Waals surface area (Å²) in [7, 11) is 1.85. The van der Waals surface area contributed by atoms with Gasteiger partial charge in [-0.2, -0.15) is 0 Å². The Labute approximate surface area is 119 Å². The molecule has 0 atom stereocenters. The van der Waals surface area contributed by atoms with Crippen molar-refractivity contribution in [3.05, 3.63) is 15.6 Å². The summed E-state index contributed by atoms with van der Waals surface area (Å²) >= 11 is 1.81. The van der Waals surface area contributed by atoms with Crippen LogP contribution in [0.25, 0.3) is 0 Å². The van der Waals surface area contributed by atoms with Crippen LogP contribution in [0, 0.1) is 0 Å². The van der Waals surface area contributed by atoms with E-state index in [4.69, 9.17) is 15.5 Å². The molecule has 0 saturated heterocycles. The molecule has 0 amide bonds. The normalized spacial score (nSPS) is 23.3. The third-order valence-corrected chi connectivity index (χ3v) is 5.85. The van der Waals surface area contributed by atoms with E-state index in [1.165, 1.54) is 54.1 Å². The number of thiazole rings is 1. The highest BCUT2D eigenvalue weighted by Gasteiger charge is 2.38. The highest BCUT2D eigenvalue weighted by Crippen LogP contribution is 2.47. The van der Waals surface area contributed by atoms with Gasteiger partial charge in [-0.15, -0.1) is 11.3 Å². The zero-order chi connectivity index (χ0) is 13.3. The van der Waals surface area contributed by atoms with Gasteiger partial charge < -0.3 is 10.5 Å². The van der Waals surface area contributed by atoms with Crippen molar-refractivity contribution in [2.75, 3.05) is 7.11 Å². The Morgan fingerprint density at radius 1 is 1.26 bits per heavy atom. The quantitative estimate of drug-likeness (QED) is 0.856. The first-order valence-corrected chi connectivity index (χ1v) is 8.36. The van der Waals surface area contributed by atoms with Crippen LogP contribution in [-0.4, -0.2) is 12.1 Å². The van der Waals surface area contributed by atoms with Crippen LogP contribution in [0.5, 0.6) is 0 Å². The number of hydrogen-bond acceptors (Lipinski definition) is 4. The molecule has 2 saturated carbocycles. The number of nitrogens with zero attached hydrogens (tertiary/aromatic N) is 1. The summed E-state index contributed by atoms with van der Waals surface area (Å²) in [4.78, 5) is 6.25. The van der Waals surface area contributed by atoms with E-state index in [0.717, 1.165) is 12.8 Å². The first-order chi connectivity index (χ1) is 9.29. The molecule has 0 aromatic carbocycles. The van der Waals surface area contributed by atoms with Gasteiger partial charge >= 0.3 is 0 Å². The second-order valence-electron chi connectivity index (χ2n) is 5.92. The maximum absolute atomic E-state index is 5.96. The Bertz CT molecular complexity index is 431. The van der Waals surface area contributed by atoms with Crippen LogP contribution in [0.3, 0.4) is 0 Å². The van der Waals surface area contributed by atoms with Crippen molar-refractivity contribution in [3.8, 4) is 0 Å². The standard InChI is InChI=1S/C15H24N2OS/c1-18-15(8-4-2-3-5-9-15)14-17-13(11-6-7-11)12(10-16)19-14/h11H,2-10,16H2,1H3. The Hall–Kier alpha value is -0.450. The fourth-order valence-corrected chi connectivity index (χ4v) is 4.44. The summed E-state index contributed by atoms with van der Waals surface area (Å²) in [6, 6.07) is 0. The number of rotatable bonds is 4. The molecular formula is C15H24N2OS. The molecule has 1 heterocycles. The van der Waals surface area contributed by atoms with Crippen molar-refractivity contribution >= 4 is 11.3 Å². The predicted octanol–water partition coefficient (Wildman–Crippen LogP) is 3.68. The molecular weight excluding hydrogens is 256 g/mol. The largest absolute Gasteiger partial charge is 0.371 e. The van der Waals surface area contributed by atoms with Gasteiger partial charge in [-0.3, -0.25) is 0 Å². The molecule has 0 radical (unpaired) electrons. The maximum atomic E-state index is 5.96. The third-order valence-electron chi connectivity index (χ3n) is 4.57. The molecule has 2 N–H and O–H groups in total. The van der Waals surface area contributed by atoms with E-state index < -0.39 is 0 Å². The first kappa shape index (κ1) is 13.5. The van der Waals surface area contributed by atoms with Crippen LogP contribution in [0.4, 0.5) is 0 Å². The smallest absolute Gasteiger partial charge is 0.125 e. The van der Waals surface area contributed by atoms with Gasteiger partial charge in [0, 0.05) is 24.4 Å². The number of hydrogen-bond donors (Lipinski definition) is 1. The lowest BCUT2D eigenvalue weighted by Crippen LogP contribution is -2.27. The topological polar surface area (TPSA) is 48.1 Å². The van der Waals surface area contributed by atoms with Gasteiger partial charge in [0.1, 0.15) is 10.6 Å². The van der Waals surface area contributed by atoms with Crippen molar-refractivity contribution in [2.24, 2.45) is 5.73 Å². The van der Waals surface area contributed by atoms with Crippen LogP contribution < -0.4 is 5.73 Å². The third kappa shape index (κ3) is 2.58. The number of methoxy groups -OCH3 is 1. The van der Waals surface area contributed by atoms with Crippen molar-refractivity contribution in [3.63, 3.8) is 0 Å². The molecule has 1 aromatic heterocycles. The van der Waals surface area contributed by atoms with E-state index in [2.05, 4.69) is 0 Å². The first-order valence-electron chi connectivity index (χ1n) is 7.54. The van der Waals surface area contributed by atoms with Crippen LogP contribution in [-0.2, 0) is 16.9 Å². The average molecular weight is 280 g/mol. The minimum absolute atomic E-state index is 0.127. The van der Waals surface area contributed by atoms with E-state index >= 15 is 0 Å². The Balaban J connectivity index is 1.93. The molecule has 19 heavy (non-hydrogen) atoms. The van der Waals surface area contributed by atoms with E-state index in [1.54, 1.807) is 11.3 Å². The molecule has 0 unspecified atom stereocenters. The molecule has 2 aliphatic carbocycles. The summed E-state index contributed by atoms with van der Waals surface area (Å²) in [5.74, 6) is 0.684. The number of aromatic nitrogens is 1. The number of nitrogens with two attached hydrogens (primary N) is 1. The van der Waals surface area contributed by atoms with Gasteiger partial charge in [0.2, 0.25) is 0 Å². The van der Waals surface area contributed by atoms with E-state index in [0.29, 0.717) is 12.5 Å². The molecule has 0 aliphatic heterocycles. The molecule has 1 aromatic rings. The van der Waals surface area contributed by atoms with Gasteiger partial charge in [0.25, 0.3) is 0 Å². The minimum Gasteiger partial charge on any atom is -0.371 e. The molecule has 0 bridgehead atoms. The van der Waals surface area contributed by atoms with Gasteiger partial charge in [-0.05, 0) is 25.7 Å². The zero-order valence-corrected chi connectivity index (χ0v) is 12.6. The lowest BCUT2D eigenvalue weighted by atomic mass is 9.95. The maximum Gasteiger partial charge on any atom is 0.125 e. The Morgan fingerprint density at radius 2 is 1.95 bits per heavy atom. The summed E-state index contributed by atoms with van der Waals surface area (Å²) in [6.07, 6.45) is 9.97. The Kier molecular flexibility index (Phi) is 3.92. The van der Waals surface area contributed by atoms with Crippen LogP contribution in [0.2, 0.25) is 0 Å². The SMILES string of the molecule is COC1(c2nc(C3CC3)c(CN)s2)CCCCCC1. The fourth-order valence-electron chi connectivity index (χ4n) is 3.19. The summed E-state index contributed by atoms with van der Waals surface area (Å²) < 4.78 is 5.96. The zero-order valence-electron chi connectivity index (χ0n) is 11.8. The molecule has 2 fully saturated rings. The monoisotopic (exact) mass is 280 g/mol. The van der Waals surface area contributed by atoms with E-state index in [9.17, 15) is 0 Å².